The molecule has 0 radical (unpaired) electrons. The van der Waals surface area contributed by atoms with E-state index in [0.29, 0.717) is 29.3 Å². The Kier molecular flexibility index (Phi) is 5.10. The molecule has 0 unspecified atom stereocenters. The Bertz CT molecular complexity index is 1320. The van der Waals surface area contributed by atoms with E-state index in [9.17, 15) is 8.42 Å². The summed E-state index contributed by atoms with van der Waals surface area (Å²) >= 11 is 0. The van der Waals surface area contributed by atoms with Gasteiger partial charge in [-0.25, -0.2) is 13.6 Å². The molecule has 3 N–H and O–H groups in total. The summed E-state index contributed by atoms with van der Waals surface area (Å²) in [5, 5.41) is 9.04. The van der Waals surface area contributed by atoms with Crippen LogP contribution in [0.1, 0.15) is 11.3 Å². The number of benzene rings is 2. The minimum absolute atomic E-state index is 0.0466. The zero-order valence-electron chi connectivity index (χ0n) is 16.4. The van der Waals surface area contributed by atoms with Crippen LogP contribution >= 0.6 is 0 Å². The van der Waals surface area contributed by atoms with E-state index in [-0.39, 0.29) is 10.9 Å². The molecule has 4 rings (SSSR count). The van der Waals surface area contributed by atoms with E-state index in [4.69, 9.17) is 9.88 Å². The minimum Gasteiger partial charge on any atom is -0.467 e. The SMILES string of the molecule is COc1nc(NCc2ccccc2)nc(-n2c(C)cc3c(S(N)(=O)=O)cccc32)n1. The van der Waals surface area contributed by atoms with Gasteiger partial charge in [0.25, 0.3) is 0 Å². The van der Waals surface area contributed by atoms with Crippen molar-refractivity contribution < 1.29 is 13.2 Å². The van der Waals surface area contributed by atoms with Crippen LogP contribution in [0.25, 0.3) is 16.9 Å². The largest absolute Gasteiger partial charge is 0.467 e. The van der Waals surface area contributed by atoms with Crippen LogP contribution in [0.3, 0.4) is 0 Å². The summed E-state index contributed by atoms with van der Waals surface area (Å²) in [5.74, 6) is 0.640. The Morgan fingerprint density at radius 3 is 2.53 bits per heavy atom. The maximum absolute atomic E-state index is 12.0. The predicted octanol–water partition coefficient (Wildman–Crippen LogP) is 2.39. The number of ether oxygens (including phenoxy) is 1. The number of hydrogen-bond donors (Lipinski definition) is 2. The molecule has 2 aromatic carbocycles. The average Bonchev–Trinajstić information content (AvgIpc) is 3.07. The van der Waals surface area contributed by atoms with Gasteiger partial charge in [0.2, 0.25) is 21.9 Å². The van der Waals surface area contributed by atoms with Crippen LogP contribution in [0.15, 0.2) is 59.5 Å². The second-order valence-electron chi connectivity index (χ2n) is 6.64. The van der Waals surface area contributed by atoms with Crippen molar-refractivity contribution in [3.8, 4) is 12.0 Å². The van der Waals surface area contributed by atoms with Gasteiger partial charge in [0.1, 0.15) is 0 Å². The highest BCUT2D eigenvalue weighted by Crippen LogP contribution is 2.28. The van der Waals surface area contributed by atoms with E-state index < -0.39 is 10.0 Å². The Labute approximate surface area is 173 Å². The van der Waals surface area contributed by atoms with Crippen LogP contribution in [-0.2, 0) is 16.6 Å². The normalized spacial score (nSPS) is 11.6. The van der Waals surface area contributed by atoms with Gasteiger partial charge in [-0.05, 0) is 30.7 Å². The third-order valence-corrected chi connectivity index (χ3v) is 5.54. The smallest absolute Gasteiger partial charge is 0.322 e. The van der Waals surface area contributed by atoms with Gasteiger partial charge >= 0.3 is 6.01 Å². The molecule has 0 aliphatic rings. The number of aromatic nitrogens is 4. The van der Waals surface area contributed by atoms with Crippen LogP contribution in [0.5, 0.6) is 6.01 Å². The van der Waals surface area contributed by atoms with Crippen molar-refractivity contribution in [2.75, 3.05) is 12.4 Å². The molecule has 9 nitrogen and oxygen atoms in total. The molecule has 0 amide bonds. The van der Waals surface area contributed by atoms with Crippen molar-refractivity contribution in [3.63, 3.8) is 0 Å². The molecule has 2 aromatic heterocycles. The summed E-state index contributed by atoms with van der Waals surface area (Å²) in [7, 11) is -2.41. The van der Waals surface area contributed by atoms with Crippen LogP contribution < -0.4 is 15.2 Å². The highest BCUT2D eigenvalue weighted by atomic mass is 32.2. The first-order chi connectivity index (χ1) is 14.4. The lowest BCUT2D eigenvalue weighted by atomic mass is 10.2. The zero-order chi connectivity index (χ0) is 21.3. The number of nitrogens with zero attached hydrogens (tertiary/aromatic N) is 4. The van der Waals surface area contributed by atoms with Crippen molar-refractivity contribution in [1.82, 2.24) is 19.5 Å². The lowest BCUT2D eigenvalue weighted by Crippen LogP contribution is -2.12. The van der Waals surface area contributed by atoms with Crippen molar-refractivity contribution >= 4 is 26.9 Å². The number of fused-ring (bicyclic) bond motifs is 1. The summed E-state index contributed by atoms with van der Waals surface area (Å²) < 4.78 is 30.9. The fourth-order valence-corrected chi connectivity index (χ4v) is 3.98. The molecular weight excluding hydrogens is 404 g/mol. The molecule has 0 atom stereocenters. The van der Waals surface area contributed by atoms with Crippen molar-refractivity contribution in [2.24, 2.45) is 5.14 Å². The molecule has 4 aromatic rings. The molecule has 0 saturated carbocycles. The predicted molar refractivity (Wildman–Crippen MR) is 113 cm³/mol. The summed E-state index contributed by atoms with van der Waals surface area (Å²) in [6.45, 7) is 2.36. The van der Waals surface area contributed by atoms with Gasteiger partial charge in [0, 0.05) is 17.6 Å². The topological polar surface area (TPSA) is 125 Å². The molecule has 154 valence electrons. The molecule has 0 spiro atoms. The second kappa shape index (κ2) is 7.73. The summed E-state index contributed by atoms with van der Waals surface area (Å²) in [5.41, 5.74) is 2.42. The second-order valence-corrected chi connectivity index (χ2v) is 8.17. The van der Waals surface area contributed by atoms with E-state index in [1.54, 1.807) is 22.8 Å². The maximum Gasteiger partial charge on any atom is 0.322 e. The van der Waals surface area contributed by atoms with Crippen LogP contribution in [-0.4, -0.2) is 35.0 Å². The van der Waals surface area contributed by atoms with Crippen molar-refractivity contribution in [1.29, 1.82) is 0 Å². The standard InChI is InChI=1S/C20H20N6O3S/c1-13-11-15-16(9-6-10-17(15)30(21,27)28)26(13)19-23-18(24-20(25-19)29-2)22-12-14-7-4-3-5-8-14/h3-11H,12H2,1-2H3,(H2,21,27,28)(H,22,23,24,25). The molecule has 10 heteroatoms. The fraction of sp³-hybridized carbons (Fsp3) is 0.150. The molecule has 0 aliphatic heterocycles. The molecule has 0 bridgehead atoms. The average molecular weight is 424 g/mol. The lowest BCUT2D eigenvalue weighted by Gasteiger charge is -2.11. The Morgan fingerprint density at radius 1 is 1.07 bits per heavy atom. The number of aryl methyl sites for hydroxylation is 1. The molecule has 0 fully saturated rings. The molecule has 2 heterocycles. The summed E-state index contributed by atoms with van der Waals surface area (Å²) in [4.78, 5) is 13.2. The third-order valence-electron chi connectivity index (χ3n) is 4.58. The van der Waals surface area contributed by atoms with Gasteiger partial charge in [0.15, 0.2) is 0 Å². The van der Waals surface area contributed by atoms with Crippen molar-refractivity contribution in [2.45, 2.75) is 18.4 Å². The van der Waals surface area contributed by atoms with Crippen LogP contribution in [0.4, 0.5) is 5.95 Å². The number of hydrogen-bond acceptors (Lipinski definition) is 7. The molecule has 30 heavy (non-hydrogen) atoms. The summed E-state index contributed by atoms with van der Waals surface area (Å²) in [6, 6.07) is 16.6. The van der Waals surface area contributed by atoms with Crippen LogP contribution in [0.2, 0.25) is 0 Å². The van der Waals surface area contributed by atoms with Gasteiger partial charge in [-0.15, -0.1) is 0 Å². The van der Waals surface area contributed by atoms with Crippen molar-refractivity contribution in [3.05, 3.63) is 65.9 Å². The van der Waals surface area contributed by atoms with E-state index in [0.717, 1.165) is 11.3 Å². The monoisotopic (exact) mass is 424 g/mol. The van der Waals surface area contributed by atoms with Gasteiger partial charge in [-0.2, -0.15) is 15.0 Å². The number of sulfonamides is 1. The van der Waals surface area contributed by atoms with E-state index in [2.05, 4.69) is 20.3 Å². The first kappa shape index (κ1) is 19.8. The quantitative estimate of drug-likeness (QED) is 0.487. The molecule has 0 aliphatic carbocycles. The van der Waals surface area contributed by atoms with Gasteiger partial charge in [-0.1, -0.05) is 36.4 Å². The Balaban J connectivity index is 1.80. The van der Waals surface area contributed by atoms with E-state index in [1.165, 1.54) is 13.2 Å². The maximum atomic E-state index is 12.0. The highest BCUT2D eigenvalue weighted by molar-refractivity contribution is 7.89. The number of methoxy groups -OCH3 is 1. The first-order valence-electron chi connectivity index (χ1n) is 9.09. The Morgan fingerprint density at radius 2 is 1.83 bits per heavy atom. The fourth-order valence-electron chi connectivity index (χ4n) is 3.24. The number of primary sulfonamides is 1. The van der Waals surface area contributed by atoms with Crippen LogP contribution in [0, 0.1) is 6.92 Å². The lowest BCUT2D eigenvalue weighted by molar-refractivity contribution is 0.378. The molecular formula is C20H20N6O3S. The zero-order valence-corrected chi connectivity index (χ0v) is 17.2. The van der Waals surface area contributed by atoms with Gasteiger partial charge in [-0.3, -0.25) is 4.57 Å². The van der Waals surface area contributed by atoms with Gasteiger partial charge < -0.3 is 10.1 Å². The minimum atomic E-state index is -3.88. The van der Waals surface area contributed by atoms with E-state index >= 15 is 0 Å². The first-order valence-corrected chi connectivity index (χ1v) is 10.6. The number of nitrogens with two attached hydrogens (primary N) is 1. The Hall–Kier alpha value is -3.50. The number of anilines is 1. The van der Waals surface area contributed by atoms with Gasteiger partial charge in [0.05, 0.1) is 17.5 Å². The summed E-state index contributed by atoms with van der Waals surface area (Å²) in [6.07, 6.45) is 0. The number of rotatable bonds is 6. The highest BCUT2D eigenvalue weighted by Gasteiger charge is 2.19. The third kappa shape index (κ3) is 3.82. The number of nitrogens with one attached hydrogen (secondary N) is 1. The molecule has 0 saturated heterocycles. The van der Waals surface area contributed by atoms with E-state index in [1.807, 2.05) is 37.3 Å².